The second-order valence-electron chi connectivity index (χ2n) is 4.18. The van der Waals surface area contributed by atoms with Gasteiger partial charge in [-0.05, 0) is 13.0 Å². The molecule has 14 heavy (non-hydrogen) atoms. The van der Waals surface area contributed by atoms with Gasteiger partial charge in [-0.1, -0.05) is 37.3 Å². The Balaban J connectivity index is 2.24. The van der Waals surface area contributed by atoms with Crippen LogP contribution in [0.5, 0.6) is 0 Å². The highest BCUT2D eigenvalue weighted by molar-refractivity contribution is 6.00. The highest BCUT2D eigenvalue weighted by atomic mass is 16.1. The van der Waals surface area contributed by atoms with Crippen LogP contribution in [0.25, 0.3) is 0 Å². The summed E-state index contributed by atoms with van der Waals surface area (Å²) in [7, 11) is 0. The molecule has 1 aliphatic rings. The average Bonchev–Trinajstić information content (AvgIpc) is 2.67. The first-order valence-electron chi connectivity index (χ1n) is 5.03. The van der Waals surface area contributed by atoms with Crippen molar-refractivity contribution in [1.29, 1.82) is 0 Å². The molecule has 1 aromatic rings. The molecule has 2 heteroatoms. The van der Waals surface area contributed by atoms with E-state index >= 15 is 0 Å². The number of rotatable bonds is 2. The third-order valence-electron chi connectivity index (χ3n) is 2.95. The zero-order valence-corrected chi connectivity index (χ0v) is 8.42. The van der Waals surface area contributed by atoms with E-state index in [0.29, 0.717) is 0 Å². The van der Waals surface area contributed by atoms with E-state index in [1.165, 1.54) is 0 Å². The van der Waals surface area contributed by atoms with Crippen LogP contribution in [0.1, 0.15) is 23.7 Å². The molecule has 0 spiro atoms. The molecule has 1 atom stereocenters. The van der Waals surface area contributed by atoms with E-state index in [1.54, 1.807) is 0 Å². The van der Waals surface area contributed by atoms with Gasteiger partial charge in [-0.3, -0.25) is 4.79 Å². The number of benzene rings is 1. The Morgan fingerprint density at radius 3 is 2.64 bits per heavy atom. The minimum atomic E-state index is -0.193. The van der Waals surface area contributed by atoms with Crippen LogP contribution in [-0.4, -0.2) is 18.9 Å². The van der Waals surface area contributed by atoms with Gasteiger partial charge in [0.2, 0.25) is 0 Å². The molecule has 1 unspecified atom stereocenters. The first-order valence-corrected chi connectivity index (χ1v) is 5.03. The van der Waals surface area contributed by atoms with Crippen molar-refractivity contribution in [2.45, 2.75) is 13.3 Å². The fraction of sp³-hybridized carbons (Fsp3) is 0.417. The largest absolute Gasteiger partial charge is 0.316 e. The van der Waals surface area contributed by atoms with Crippen LogP contribution < -0.4 is 5.32 Å². The number of carbonyl (C=O) groups is 1. The maximum absolute atomic E-state index is 12.1. The zero-order valence-electron chi connectivity index (χ0n) is 8.42. The van der Waals surface area contributed by atoms with Gasteiger partial charge in [-0.25, -0.2) is 0 Å². The number of nitrogens with one attached hydrogen (secondary N) is 1. The fourth-order valence-corrected chi connectivity index (χ4v) is 1.95. The lowest BCUT2D eigenvalue weighted by molar-refractivity contribution is 0.0839. The normalized spacial score (nSPS) is 26.4. The molecule has 1 aliphatic heterocycles. The van der Waals surface area contributed by atoms with Crippen LogP contribution in [0.15, 0.2) is 30.3 Å². The van der Waals surface area contributed by atoms with Crippen molar-refractivity contribution in [3.8, 4) is 0 Å². The Labute approximate surface area is 84.3 Å². The number of hydrogen-bond donors (Lipinski definition) is 1. The van der Waals surface area contributed by atoms with Crippen molar-refractivity contribution in [1.82, 2.24) is 5.32 Å². The van der Waals surface area contributed by atoms with Crippen molar-refractivity contribution < 1.29 is 4.79 Å². The highest BCUT2D eigenvalue weighted by Gasteiger charge is 2.36. The fourth-order valence-electron chi connectivity index (χ4n) is 1.95. The summed E-state index contributed by atoms with van der Waals surface area (Å²) in [5.41, 5.74) is 0.639. The first-order chi connectivity index (χ1) is 6.72. The summed E-state index contributed by atoms with van der Waals surface area (Å²) in [5.74, 6) is 0.267. The molecule has 2 rings (SSSR count). The molecule has 2 nitrogen and oxygen atoms in total. The van der Waals surface area contributed by atoms with Crippen LogP contribution in [-0.2, 0) is 0 Å². The Kier molecular flexibility index (Phi) is 2.38. The third kappa shape index (κ3) is 1.58. The van der Waals surface area contributed by atoms with E-state index in [2.05, 4.69) is 5.32 Å². The number of ketones is 1. The summed E-state index contributed by atoms with van der Waals surface area (Å²) in [4.78, 5) is 12.1. The molecule has 74 valence electrons. The minimum absolute atomic E-state index is 0.193. The van der Waals surface area contributed by atoms with Gasteiger partial charge in [0.15, 0.2) is 5.78 Å². The monoisotopic (exact) mass is 189 g/mol. The van der Waals surface area contributed by atoms with E-state index < -0.39 is 0 Å². The van der Waals surface area contributed by atoms with Crippen LogP contribution in [0.2, 0.25) is 0 Å². The van der Waals surface area contributed by atoms with Gasteiger partial charge < -0.3 is 5.32 Å². The van der Waals surface area contributed by atoms with E-state index in [4.69, 9.17) is 0 Å². The Bertz CT molecular complexity index is 325. The molecule has 0 amide bonds. The molecule has 0 bridgehead atoms. The number of Topliss-reactive ketones (excluding diaryl/α,β-unsaturated/α-hetero) is 1. The molecule has 1 aromatic carbocycles. The van der Waals surface area contributed by atoms with Crippen LogP contribution in [0.3, 0.4) is 0 Å². The van der Waals surface area contributed by atoms with E-state index in [-0.39, 0.29) is 11.2 Å². The zero-order chi connectivity index (χ0) is 10.0. The predicted octanol–water partition coefficient (Wildman–Crippen LogP) is 1.87. The molecule has 1 fully saturated rings. The summed E-state index contributed by atoms with van der Waals surface area (Å²) in [6.45, 7) is 3.80. The van der Waals surface area contributed by atoms with Crippen LogP contribution in [0.4, 0.5) is 0 Å². The molecule has 1 heterocycles. The molecule has 0 aliphatic carbocycles. The third-order valence-corrected chi connectivity index (χ3v) is 2.95. The summed E-state index contributed by atoms with van der Waals surface area (Å²) in [6.07, 6.45) is 0.945. The second-order valence-corrected chi connectivity index (χ2v) is 4.18. The summed E-state index contributed by atoms with van der Waals surface area (Å²) in [5, 5.41) is 3.24. The minimum Gasteiger partial charge on any atom is -0.316 e. The van der Waals surface area contributed by atoms with Gasteiger partial charge in [0.05, 0.1) is 0 Å². The quantitative estimate of drug-likeness (QED) is 0.719. The van der Waals surface area contributed by atoms with Gasteiger partial charge in [-0.15, -0.1) is 0 Å². The van der Waals surface area contributed by atoms with Crippen molar-refractivity contribution >= 4 is 5.78 Å². The van der Waals surface area contributed by atoms with Crippen LogP contribution >= 0.6 is 0 Å². The lowest BCUT2D eigenvalue weighted by atomic mass is 9.82. The van der Waals surface area contributed by atoms with Crippen LogP contribution in [0, 0.1) is 5.41 Å². The van der Waals surface area contributed by atoms with E-state index in [9.17, 15) is 4.79 Å². The average molecular weight is 189 g/mol. The molecule has 0 radical (unpaired) electrons. The highest BCUT2D eigenvalue weighted by Crippen LogP contribution is 2.28. The van der Waals surface area contributed by atoms with Crippen molar-refractivity contribution in [3.05, 3.63) is 35.9 Å². The van der Waals surface area contributed by atoms with Gasteiger partial charge in [0.1, 0.15) is 0 Å². The number of hydrogen-bond acceptors (Lipinski definition) is 2. The van der Waals surface area contributed by atoms with Gasteiger partial charge in [0.25, 0.3) is 0 Å². The maximum atomic E-state index is 12.1. The molecule has 1 N–H and O–H groups in total. The van der Waals surface area contributed by atoms with Gasteiger partial charge in [-0.2, -0.15) is 0 Å². The first kappa shape index (κ1) is 9.41. The topological polar surface area (TPSA) is 29.1 Å². The SMILES string of the molecule is CC1(C(=O)c2ccccc2)CCNC1. The van der Waals surface area contributed by atoms with Crippen molar-refractivity contribution in [2.75, 3.05) is 13.1 Å². The summed E-state index contributed by atoms with van der Waals surface area (Å²) in [6, 6.07) is 9.56. The second kappa shape index (κ2) is 3.54. The Hall–Kier alpha value is -1.15. The van der Waals surface area contributed by atoms with Crippen molar-refractivity contribution in [3.63, 3.8) is 0 Å². The standard InChI is InChI=1S/C12H15NO/c1-12(7-8-13-9-12)11(14)10-5-3-2-4-6-10/h2-6,13H,7-9H2,1H3. The molecule has 0 aromatic heterocycles. The van der Waals surface area contributed by atoms with Gasteiger partial charge in [0, 0.05) is 17.5 Å². The smallest absolute Gasteiger partial charge is 0.170 e. The lowest BCUT2D eigenvalue weighted by Crippen LogP contribution is -2.30. The maximum Gasteiger partial charge on any atom is 0.170 e. The molecular weight excluding hydrogens is 174 g/mol. The molecule has 1 saturated heterocycles. The van der Waals surface area contributed by atoms with Crippen molar-refractivity contribution in [2.24, 2.45) is 5.41 Å². The number of carbonyl (C=O) groups excluding carboxylic acids is 1. The Morgan fingerprint density at radius 1 is 1.36 bits per heavy atom. The van der Waals surface area contributed by atoms with E-state index in [0.717, 1.165) is 25.1 Å². The molecule has 0 saturated carbocycles. The van der Waals surface area contributed by atoms with E-state index in [1.807, 2.05) is 37.3 Å². The molecular formula is C12H15NO. The summed E-state index contributed by atoms with van der Waals surface area (Å²) < 4.78 is 0. The Morgan fingerprint density at radius 2 is 2.07 bits per heavy atom. The van der Waals surface area contributed by atoms with Gasteiger partial charge >= 0.3 is 0 Å². The predicted molar refractivity (Wildman–Crippen MR) is 56.4 cm³/mol. The summed E-state index contributed by atoms with van der Waals surface area (Å²) >= 11 is 0. The lowest BCUT2D eigenvalue weighted by Gasteiger charge is -2.20.